The van der Waals surface area contributed by atoms with Crippen LogP contribution in [0.25, 0.3) is 10.6 Å². The van der Waals surface area contributed by atoms with Crippen LogP contribution < -0.4 is 4.74 Å². The first-order valence-corrected chi connectivity index (χ1v) is 5.80. The molecular weight excluding hydrogens is 220 g/mol. The molecule has 0 fully saturated rings. The SMILES string of the molecule is CCOc1ccc(-c2nccs2)cc1C#N. The van der Waals surface area contributed by atoms with E-state index in [2.05, 4.69) is 11.1 Å². The predicted octanol–water partition coefficient (Wildman–Crippen LogP) is 3.08. The number of ether oxygens (including phenoxy) is 1. The smallest absolute Gasteiger partial charge is 0.137 e. The van der Waals surface area contributed by atoms with Crippen LogP contribution in [-0.4, -0.2) is 11.6 Å². The van der Waals surface area contributed by atoms with E-state index in [0.717, 1.165) is 10.6 Å². The van der Waals surface area contributed by atoms with E-state index in [1.54, 1.807) is 17.5 Å². The summed E-state index contributed by atoms with van der Waals surface area (Å²) in [5.41, 5.74) is 1.50. The summed E-state index contributed by atoms with van der Waals surface area (Å²) in [7, 11) is 0. The molecule has 1 aromatic heterocycles. The Labute approximate surface area is 97.9 Å². The van der Waals surface area contributed by atoms with Crippen LogP contribution in [-0.2, 0) is 0 Å². The minimum atomic E-state index is 0.551. The van der Waals surface area contributed by atoms with E-state index in [-0.39, 0.29) is 0 Å². The van der Waals surface area contributed by atoms with E-state index in [4.69, 9.17) is 10.00 Å². The van der Waals surface area contributed by atoms with E-state index in [1.807, 2.05) is 30.5 Å². The Bertz CT molecular complexity index is 514. The number of hydrogen-bond donors (Lipinski definition) is 0. The van der Waals surface area contributed by atoms with E-state index in [9.17, 15) is 0 Å². The van der Waals surface area contributed by atoms with Crippen LogP contribution >= 0.6 is 11.3 Å². The van der Waals surface area contributed by atoms with Crippen molar-refractivity contribution in [2.75, 3.05) is 6.61 Å². The molecule has 16 heavy (non-hydrogen) atoms. The Balaban J connectivity index is 2.42. The Morgan fingerprint density at radius 1 is 1.50 bits per heavy atom. The van der Waals surface area contributed by atoms with Gasteiger partial charge in [0.2, 0.25) is 0 Å². The van der Waals surface area contributed by atoms with Crippen molar-refractivity contribution in [2.24, 2.45) is 0 Å². The minimum Gasteiger partial charge on any atom is -0.492 e. The van der Waals surface area contributed by atoms with Gasteiger partial charge in [0.05, 0.1) is 12.2 Å². The van der Waals surface area contributed by atoms with Crippen LogP contribution in [0.4, 0.5) is 0 Å². The molecule has 0 spiro atoms. The van der Waals surface area contributed by atoms with Crippen molar-refractivity contribution in [3.8, 4) is 22.4 Å². The molecular formula is C12H10N2OS. The van der Waals surface area contributed by atoms with Gasteiger partial charge in [-0.1, -0.05) is 0 Å². The van der Waals surface area contributed by atoms with Gasteiger partial charge in [-0.15, -0.1) is 11.3 Å². The maximum Gasteiger partial charge on any atom is 0.137 e. The lowest BCUT2D eigenvalue weighted by Gasteiger charge is -2.05. The Kier molecular flexibility index (Phi) is 3.18. The monoisotopic (exact) mass is 230 g/mol. The number of rotatable bonds is 3. The Morgan fingerprint density at radius 3 is 3.00 bits per heavy atom. The first-order valence-electron chi connectivity index (χ1n) is 4.92. The normalized spacial score (nSPS) is 9.75. The number of nitrogens with zero attached hydrogens (tertiary/aromatic N) is 2. The van der Waals surface area contributed by atoms with Gasteiger partial charge in [0.1, 0.15) is 16.8 Å². The van der Waals surface area contributed by atoms with Gasteiger partial charge in [-0.3, -0.25) is 0 Å². The summed E-state index contributed by atoms with van der Waals surface area (Å²) in [5.74, 6) is 0.630. The lowest BCUT2D eigenvalue weighted by Crippen LogP contribution is -1.94. The van der Waals surface area contributed by atoms with Crippen LogP contribution in [0.3, 0.4) is 0 Å². The summed E-state index contributed by atoms with van der Waals surface area (Å²) >= 11 is 1.55. The second kappa shape index (κ2) is 4.77. The summed E-state index contributed by atoms with van der Waals surface area (Å²) in [6.45, 7) is 2.46. The molecule has 0 atom stereocenters. The van der Waals surface area contributed by atoms with E-state index in [0.29, 0.717) is 17.9 Å². The minimum absolute atomic E-state index is 0.551. The van der Waals surface area contributed by atoms with E-state index >= 15 is 0 Å². The van der Waals surface area contributed by atoms with Crippen molar-refractivity contribution in [1.29, 1.82) is 5.26 Å². The molecule has 0 aliphatic rings. The van der Waals surface area contributed by atoms with Gasteiger partial charge in [-0.25, -0.2) is 4.98 Å². The summed E-state index contributed by atoms with van der Waals surface area (Å²) in [5, 5.41) is 11.9. The van der Waals surface area contributed by atoms with Crippen molar-refractivity contribution in [1.82, 2.24) is 4.98 Å². The molecule has 0 saturated carbocycles. The zero-order valence-electron chi connectivity index (χ0n) is 8.80. The van der Waals surface area contributed by atoms with Crippen molar-refractivity contribution in [3.63, 3.8) is 0 Å². The fourth-order valence-corrected chi connectivity index (χ4v) is 2.03. The number of thiazole rings is 1. The van der Waals surface area contributed by atoms with Gasteiger partial charge in [-0.05, 0) is 25.1 Å². The first kappa shape index (κ1) is 10.7. The van der Waals surface area contributed by atoms with Crippen molar-refractivity contribution in [3.05, 3.63) is 35.3 Å². The summed E-state index contributed by atoms with van der Waals surface area (Å²) in [4.78, 5) is 4.21. The van der Waals surface area contributed by atoms with E-state index in [1.165, 1.54) is 0 Å². The average Bonchev–Trinajstić information content (AvgIpc) is 2.83. The fourth-order valence-electron chi connectivity index (χ4n) is 1.40. The number of nitriles is 1. The van der Waals surface area contributed by atoms with Crippen LogP contribution in [0.2, 0.25) is 0 Å². The average molecular weight is 230 g/mol. The summed E-state index contributed by atoms with van der Waals surface area (Å²) < 4.78 is 5.36. The van der Waals surface area contributed by atoms with Gasteiger partial charge < -0.3 is 4.74 Å². The van der Waals surface area contributed by atoms with Crippen LogP contribution in [0.15, 0.2) is 29.8 Å². The lowest BCUT2D eigenvalue weighted by atomic mass is 10.1. The molecule has 0 bridgehead atoms. The molecule has 0 saturated heterocycles. The third kappa shape index (κ3) is 2.05. The molecule has 0 aliphatic carbocycles. The third-order valence-electron chi connectivity index (χ3n) is 2.08. The first-order chi connectivity index (χ1) is 7.85. The molecule has 0 aliphatic heterocycles. The van der Waals surface area contributed by atoms with Gasteiger partial charge in [0, 0.05) is 17.1 Å². The van der Waals surface area contributed by atoms with Crippen LogP contribution in [0, 0.1) is 11.3 Å². The molecule has 80 valence electrons. The van der Waals surface area contributed by atoms with E-state index < -0.39 is 0 Å². The molecule has 0 radical (unpaired) electrons. The van der Waals surface area contributed by atoms with Crippen molar-refractivity contribution >= 4 is 11.3 Å². The molecule has 1 aromatic carbocycles. The molecule has 2 rings (SSSR count). The number of benzene rings is 1. The molecule has 4 heteroatoms. The zero-order chi connectivity index (χ0) is 11.4. The molecule has 2 aromatic rings. The van der Waals surface area contributed by atoms with Gasteiger partial charge in [0.25, 0.3) is 0 Å². The van der Waals surface area contributed by atoms with Gasteiger partial charge >= 0.3 is 0 Å². The number of hydrogen-bond acceptors (Lipinski definition) is 4. The zero-order valence-corrected chi connectivity index (χ0v) is 9.62. The van der Waals surface area contributed by atoms with Gasteiger partial charge in [-0.2, -0.15) is 5.26 Å². The second-order valence-electron chi connectivity index (χ2n) is 3.09. The third-order valence-corrected chi connectivity index (χ3v) is 2.90. The highest BCUT2D eigenvalue weighted by molar-refractivity contribution is 7.13. The highest BCUT2D eigenvalue weighted by atomic mass is 32.1. The Hall–Kier alpha value is -1.86. The molecule has 3 nitrogen and oxygen atoms in total. The molecule has 0 N–H and O–H groups in total. The quantitative estimate of drug-likeness (QED) is 0.814. The van der Waals surface area contributed by atoms with Crippen molar-refractivity contribution in [2.45, 2.75) is 6.92 Å². The standard InChI is InChI=1S/C12H10N2OS/c1-2-15-11-4-3-9(7-10(11)8-13)12-14-5-6-16-12/h3-7H,2H2,1H3. The highest BCUT2D eigenvalue weighted by Crippen LogP contribution is 2.27. The predicted molar refractivity (Wildman–Crippen MR) is 63.4 cm³/mol. The van der Waals surface area contributed by atoms with Crippen LogP contribution in [0.1, 0.15) is 12.5 Å². The van der Waals surface area contributed by atoms with Gasteiger partial charge in [0.15, 0.2) is 0 Å². The summed E-state index contributed by atoms with van der Waals surface area (Å²) in [6, 6.07) is 7.68. The maximum absolute atomic E-state index is 9.02. The topological polar surface area (TPSA) is 45.9 Å². The summed E-state index contributed by atoms with van der Waals surface area (Å²) in [6.07, 6.45) is 1.75. The lowest BCUT2D eigenvalue weighted by molar-refractivity contribution is 0.339. The maximum atomic E-state index is 9.02. The number of aromatic nitrogens is 1. The second-order valence-corrected chi connectivity index (χ2v) is 3.99. The molecule has 0 unspecified atom stereocenters. The largest absolute Gasteiger partial charge is 0.492 e. The fraction of sp³-hybridized carbons (Fsp3) is 0.167. The Morgan fingerprint density at radius 2 is 2.38 bits per heavy atom. The highest BCUT2D eigenvalue weighted by Gasteiger charge is 2.07. The molecule has 1 heterocycles. The van der Waals surface area contributed by atoms with Crippen molar-refractivity contribution < 1.29 is 4.74 Å². The van der Waals surface area contributed by atoms with Crippen LogP contribution in [0.5, 0.6) is 5.75 Å². The molecule has 0 amide bonds.